The van der Waals surface area contributed by atoms with E-state index in [0.29, 0.717) is 6.61 Å². The fourth-order valence-electron chi connectivity index (χ4n) is 0.964. The summed E-state index contributed by atoms with van der Waals surface area (Å²) in [6, 6.07) is 0. The van der Waals surface area contributed by atoms with Gasteiger partial charge in [0.15, 0.2) is 0 Å². The van der Waals surface area contributed by atoms with Crippen LogP contribution in [0.25, 0.3) is 0 Å². The maximum Gasteiger partial charge on any atom is 0.316 e. The quantitative estimate of drug-likeness (QED) is 0.587. The molecule has 1 atom stereocenters. The van der Waals surface area contributed by atoms with Crippen LogP contribution in [0.4, 0.5) is 0 Å². The van der Waals surface area contributed by atoms with Gasteiger partial charge in [-0.1, -0.05) is 0 Å². The molecule has 0 aromatic rings. The van der Waals surface area contributed by atoms with Crippen LogP contribution in [0.1, 0.15) is 13.8 Å². The maximum atomic E-state index is 11.2. The second-order valence-corrected chi connectivity index (χ2v) is 2.50. The lowest BCUT2D eigenvalue weighted by Crippen LogP contribution is -2.15. The van der Waals surface area contributed by atoms with Gasteiger partial charge in [-0.3, -0.25) is 4.79 Å². The molecule has 0 spiro atoms. The van der Waals surface area contributed by atoms with Crippen molar-refractivity contribution in [2.75, 3.05) is 6.61 Å². The van der Waals surface area contributed by atoms with Crippen LogP contribution in [0.2, 0.25) is 0 Å². The lowest BCUT2D eigenvalue weighted by molar-refractivity contribution is -0.145. The molecule has 0 aliphatic carbocycles. The summed E-state index contributed by atoms with van der Waals surface area (Å²) in [7, 11) is 0. The van der Waals surface area contributed by atoms with Gasteiger partial charge in [-0.25, -0.2) is 0 Å². The summed E-state index contributed by atoms with van der Waals surface area (Å²) in [4.78, 5) is 11.2. The maximum absolute atomic E-state index is 11.2. The third-order valence-electron chi connectivity index (χ3n) is 1.51. The van der Waals surface area contributed by atoms with Crippen molar-refractivity contribution in [2.45, 2.75) is 13.8 Å². The molecule has 12 heavy (non-hydrogen) atoms. The van der Waals surface area contributed by atoms with Gasteiger partial charge in [-0.05, 0) is 26.0 Å². The fourth-order valence-corrected chi connectivity index (χ4v) is 0.964. The van der Waals surface area contributed by atoms with Crippen molar-refractivity contribution >= 4 is 5.97 Å². The molecule has 1 rings (SSSR count). The molecule has 0 saturated heterocycles. The van der Waals surface area contributed by atoms with Crippen molar-refractivity contribution in [1.29, 1.82) is 0 Å². The average molecular weight is 168 g/mol. The van der Waals surface area contributed by atoms with Gasteiger partial charge in [0, 0.05) is 0 Å². The lowest BCUT2D eigenvalue weighted by Gasteiger charge is -2.12. The van der Waals surface area contributed by atoms with Gasteiger partial charge in [0.2, 0.25) is 0 Å². The standard InChI is InChI=1S/C9H12O3/c1-3-11-9(10)8-4-5-12-7(2)6-8/h4-6,8H,3H2,1-2H3. The molecule has 66 valence electrons. The summed E-state index contributed by atoms with van der Waals surface area (Å²) in [5, 5.41) is 0. The highest BCUT2D eigenvalue weighted by atomic mass is 16.5. The molecule has 3 heteroatoms. The smallest absolute Gasteiger partial charge is 0.316 e. The van der Waals surface area contributed by atoms with E-state index in [1.807, 2.05) is 0 Å². The average Bonchev–Trinajstić information content (AvgIpc) is 2.05. The Hall–Kier alpha value is -1.25. The minimum atomic E-state index is -0.279. The van der Waals surface area contributed by atoms with E-state index in [-0.39, 0.29) is 11.9 Å². The third kappa shape index (κ3) is 2.12. The van der Waals surface area contributed by atoms with Crippen molar-refractivity contribution in [3.8, 4) is 0 Å². The Kier molecular flexibility index (Phi) is 2.91. The van der Waals surface area contributed by atoms with E-state index in [4.69, 9.17) is 9.47 Å². The number of rotatable bonds is 2. The van der Waals surface area contributed by atoms with Crippen LogP contribution in [0.3, 0.4) is 0 Å². The third-order valence-corrected chi connectivity index (χ3v) is 1.51. The van der Waals surface area contributed by atoms with Crippen molar-refractivity contribution < 1.29 is 14.3 Å². The molecule has 0 amide bonds. The van der Waals surface area contributed by atoms with Crippen molar-refractivity contribution in [3.63, 3.8) is 0 Å². The highest BCUT2D eigenvalue weighted by Crippen LogP contribution is 2.14. The molecular formula is C9H12O3. The molecule has 0 fully saturated rings. The van der Waals surface area contributed by atoms with E-state index in [2.05, 4.69) is 0 Å². The Morgan fingerprint density at radius 1 is 1.75 bits per heavy atom. The second-order valence-electron chi connectivity index (χ2n) is 2.50. The number of hydrogen-bond donors (Lipinski definition) is 0. The molecule has 1 heterocycles. The van der Waals surface area contributed by atoms with Crippen LogP contribution in [0.15, 0.2) is 24.2 Å². The Balaban J connectivity index is 2.56. The summed E-state index contributed by atoms with van der Waals surface area (Å²) in [5.74, 6) is 0.227. The minimum absolute atomic E-state index is 0.226. The normalized spacial score (nSPS) is 21.2. The largest absolute Gasteiger partial charge is 0.470 e. The number of carbonyl (C=O) groups is 1. The predicted molar refractivity (Wildman–Crippen MR) is 44.1 cm³/mol. The molecule has 1 unspecified atom stereocenters. The Bertz CT molecular complexity index is 228. The summed E-state index contributed by atoms with van der Waals surface area (Å²) in [6.07, 6.45) is 4.92. The number of ether oxygens (including phenoxy) is 2. The summed E-state index contributed by atoms with van der Waals surface area (Å²) in [6.45, 7) is 4.00. The zero-order valence-corrected chi connectivity index (χ0v) is 7.24. The molecule has 3 nitrogen and oxygen atoms in total. The number of esters is 1. The highest BCUT2D eigenvalue weighted by molar-refractivity contribution is 5.76. The molecule has 1 aliphatic rings. The molecule has 0 aromatic heterocycles. The Morgan fingerprint density at radius 2 is 2.50 bits per heavy atom. The molecule has 1 aliphatic heterocycles. The van der Waals surface area contributed by atoms with Crippen LogP contribution >= 0.6 is 0 Å². The monoisotopic (exact) mass is 168 g/mol. The first-order valence-electron chi connectivity index (χ1n) is 3.92. The van der Waals surface area contributed by atoms with E-state index in [0.717, 1.165) is 5.76 Å². The molecule has 0 radical (unpaired) electrons. The van der Waals surface area contributed by atoms with Gasteiger partial charge in [0.05, 0.1) is 24.5 Å². The van der Waals surface area contributed by atoms with E-state index < -0.39 is 0 Å². The topological polar surface area (TPSA) is 35.5 Å². The van der Waals surface area contributed by atoms with Gasteiger partial charge < -0.3 is 9.47 Å². The van der Waals surface area contributed by atoms with Gasteiger partial charge in [0.25, 0.3) is 0 Å². The van der Waals surface area contributed by atoms with Gasteiger partial charge in [-0.2, -0.15) is 0 Å². The van der Waals surface area contributed by atoms with E-state index >= 15 is 0 Å². The summed E-state index contributed by atoms with van der Waals surface area (Å²) >= 11 is 0. The lowest BCUT2D eigenvalue weighted by atomic mass is 10.1. The van der Waals surface area contributed by atoms with Crippen molar-refractivity contribution in [3.05, 3.63) is 24.2 Å². The first kappa shape index (κ1) is 8.84. The molecule has 0 aromatic carbocycles. The van der Waals surface area contributed by atoms with Crippen LogP contribution in [0, 0.1) is 5.92 Å². The van der Waals surface area contributed by atoms with E-state index in [1.54, 1.807) is 26.0 Å². The SMILES string of the molecule is CCOC(=O)C1C=COC(C)=C1. The molecule has 0 bridgehead atoms. The zero-order valence-electron chi connectivity index (χ0n) is 7.24. The van der Waals surface area contributed by atoms with Gasteiger partial charge in [0.1, 0.15) is 0 Å². The summed E-state index contributed by atoms with van der Waals surface area (Å²) < 4.78 is 9.85. The van der Waals surface area contributed by atoms with Gasteiger partial charge >= 0.3 is 5.97 Å². The zero-order chi connectivity index (χ0) is 8.97. The van der Waals surface area contributed by atoms with Gasteiger partial charge in [-0.15, -0.1) is 0 Å². The van der Waals surface area contributed by atoms with E-state index in [9.17, 15) is 4.79 Å². The number of allylic oxidation sites excluding steroid dienone is 1. The first-order chi connectivity index (χ1) is 5.74. The Labute approximate surface area is 71.7 Å². The summed E-state index contributed by atoms with van der Waals surface area (Å²) in [5.41, 5.74) is 0. The number of hydrogen-bond acceptors (Lipinski definition) is 3. The van der Waals surface area contributed by atoms with Crippen LogP contribution < -0.4 is 0 Å². The molecule has 0 N–H and O–H groups in total. The predicted octanol–water partition coefficient (Wildman–Crippen LogP) is 1.61. The Morgan fingerprint density at radius 3 is 3.08 bits per heavy atom. The molecular weight excluding hydrogens is 156 g/mol. The van der Waals surface area contributed by atoms with Crippen LogP contribution in [0.5, 0.6) is 0 Å². The van der Waals surface area contributed by atoms with Crippen molar-refractivity contribution in [1.82, 2.24) is 0 Å². The van der Waals surface area contributed by atoms with E-state index in [1.165, 1.54) is 6.26 Å². The first-order valence-corrected chi connectivity index (χ1v) is 3.92. The second kappa shape index (κ2) is 3.95. The number of carbonyl (C=O) groups excluding carboxylic acids is 1. The minimum Gasteiger partial charge on any atom is -0.470 e. The van der Waals surface area contributed by atoms with Crippen LogP contribution in [-0.2, 0) is 14.3 Å². The molecule has 0 saturated carbocycles. The van der Waals surface area contributed by atoms with Crippen molar-refractivity contribution in [2.24, 2.45) is 5.92 Å². The fraction of sp³-hybridized carbons (Fsp3) is 0.444. The highest BCUT2D eigenvalue weighted by Gasteiger charge is 2.16. The van der Waals surface area contributed by atoms with Crippen LogP contribution in [-0.4, -0.2) is 12.6 Å².